The van der Waals surface area contributed by atoms with E-state index in [0.717, 1.165) is 44.8 Å². The highest BCUT2D eigenvalue weighted by Crippen LogP contribution is 2.52. The van der Waals surface area contributed by atoms with Crippen LogP contribution in [0.4, 0.5) is 0 Å². The van der Waals surface area contributed by atoms with E-state index in [1.807, 2.05) is 48.2 Å². The normalized spacial score (nSPS) is 12.1. The zero-order chi connectivity index (χ0) is 32.9. The van der Waals surface area contributed by atoms with E-state index in [-0.39, 0.29) is 0 Å². The van der Waals surface area contributed by atoms with Gasteiger partial charge < -0.3 is 4.57 Å². The number of pyridine rings is 2. The average Bonchev–Trinajstić information content (AvgIpc) is 3.35. The van der Waals surface area contributed by atoms with E-state index >= 15 is 0 Å². The Balaban J connectivity index is 1.40. The van der Waals surface area contributed by atoms with Crippen LogP contribution in [-0.2, 0) is 0 Å². The van der Waals surface area contributed by atoms with Crippen LogP contribution >= 0.6 is 11.8 Å². The molecular weight excluding hydrogens is 615 g/mol. The molecular formula is C45H31N3S. The number of allylic oxidation sites excluding steroid dienone is 2. The molecule has 0 aliphatic carbocycles. The minimum Gasteiger partial charge on any atom is -0.312 e. The summed E-state index contributed by atoms with van der Waals surface area (Å²) in [7, 11) is 0. The first-order valence-electron chi connectivity index (χ1n) is 16.5. The van der Waals surface area contributed by atoms with Crippen LogP contribution in [-0.4, -0.2) is 14.5 Å². The van der Waals surface area contributed by atoms with Crippen molar-refractivity contribution >= 4 is 39.8 Å². The molecule has 8 aromatic rings. The second-order valence-electron chi connectivity index (χ2n) is 12.2. The van der Waals surface area contributed by atoms with E-state index in [0.29, 0.717) is 5.65 Å². The molecule has 0 fully saturated rings. The molecule has 0 spiro atoms. The maximum atomic E-state index is 5.17. The van der Waals surface area contributed by atoms with Gasteiger partial charge in [0.15, 0.2) is 5.65 Å². The summed E-state index contributed by atoms with van der Waals surface area (Å²) in [4.78, 5) is 12.9. The lowest BCUT2D eigenvalue weighted by Gasteiger charge is -2.16. The van der Waals surface area contributed by atoms with Crippen molar-refractivity contribution in [3.8, 4) is 50.5 Å². The molecule has 232 valence electrons. The lowest BCUT2D eigenvalue weighted by molar-refractivity contribution is 1.05. The van der Waals surface area contributed by atoms with Gasteiger partial charge in [0.2, 0.25) is 0 Å². The molecule has 0 N–H and O–H groups in total. The summed E-state index contributed by atoms with van der Waals surface area (Å²) < 4.78 is 2.41. The van der Waals surface area contributed by atoms with Crippen molar-refractivity contribution in [3.05, 3.63) is 170 Å². The van der Waals surface area contributed by atoms with Gasteiger partial charge in [0.1, 0.15) is 0 Å². The molecule has 4 heterocycles. The van der Waals surface area contributed by atoms with Gasteiger partial charge >= 0.3 is 0 Å². The Bertz CT molecular complexity index is 2590. The predicted octanol–water partition coefficient (Wildman–Crippen LogP) is 12.2. The smallest absolute Gasteiger partial charge is 0.162 e. The molecule has 9 rings (SSSR count). The van der Waals surface area contributed by atoms with Crippen molar-refractivity contribution in [1.82, 2.24) is 14.5 Å². The molecule has 1 aliphatic rings. The molecule has 0 saturated carbocycles. The first-order chi connectivity index (χ1) is 24.2. The van der Waals surface area contributed by atoms with Crippen LogP contribution in [0.2, 0.25) is 0 Å². The van der Waals surface area contributed by atoms with Crippen LogP contribution < -0.4 is 0 Å². The third-order valence-electron chi connectivity index (χ3n) is 9.40. The van der Waals surface area contributed by atoms with Gasteiger partial charge in [-0.2, -0.15) is 0 Å². The second-order valence-corrected chi connectivity index (χ2v) is 13.3. The van der Waals surface area contributed by atoms with Crippen molar-refractivity contribution in [2.45, 2.75) is 16.7 Å². The van der Waals surface area contributed by atoms with Crippen LogP contribution in [0.25, 0.3) is 78.5 Å². The number of aromatic nitrogens is 3. The minimum atomic E-state index is 0.715. The van der Waals surface area contributed by atoms with E-state index in [1.54, 1.807) is 0 Å². The topological polar surface area (TPSA) is 30.7 Å². The summed E-state index contributed by atoms with van der Waals surface area (Å²) >= 11 is 1.84. The van der Waals surface area contributed by atoms with Crippen molar-refractivity contribution in [2.24, 2.45) is 0 Å². The summed E-state index contributed by atoms with van der Waals surface area (Å²) in [5.41, 5.74) is 14.1. The fourth-order valence-corrected chi connectivity index (χ4v) is 8.27. The summed E-state index contributed by atoms with van der Waals surface area (Å²) in [5.74, 6) is 0. The van der Waals surface area contributed by atoms with E-state index in [4.69, 9.17) is 9.97 Å². The van der Waals surface area contributed by atoms with E-state index in [1.165, 1.54) is 43.0 Å². The Labute approximate surface area is 290 Å². The van der Waals surface area contributed by atoms with Crippen LogP contribution in [0.5, 0.6) is 0 Å². The minimum absolute atomic E-state index is 0.715. The van der Waals surface area contributed by atoms with E-state index in [2.05, 4.69) is 139 Å². The van der Waals surface area contributed by atoms with Gasteiger partial charge in [0.25, 0.3) is 0 Å². The van der Waals surface area contributed by atoms with E-state index < -0.39 is 0 Å². The van der Waals surface area contributed by atoms with Gasteiger partial charge in [-0.3, -0.25) is 0 Å². The molecule has 3 aromatic heterocycles. The Hall–Kier alpha value is -5.97. The molecule has 0 amide bonds. The average molecular weight is 646 g/mol. The Kier molecular flexibility index (Phi) is 7.10. The fourth-order valence-electron chi connectivity index (χ4n) is 7.17. The lowest BCUT2D eigenvalue weighted by atomic mass is 9.90. The molecule has 0 radical (unpaired) electrons. The Morgan fingerprint density at radius 1 is 0.633 bits per heavy atom. The first kappa shape index (κ1) is 29.2. The third-order valence-corrected chi connectivity index (χ3v) is 10.6. The summed E-state index contributed by atoms with van der Waals surface area (Å²) in [6.07, 6.45) is 6.11. The molecule has 4 heteroatoms. The van der Waals surface area contributed by atoms with Crippen LogP contribution in [0, 0.1) is 6.92 Å². The first-order valence-corrected chi connectivity index (χ1v) is 17.3. The maximum absolute atomic E-state index is 5.17. The van der Waals surface area contributed by atoms with Gasteiger partial charge in [-0.05, 0) is 60.0 Å². The number of rotatable bonds is 5. The number of hydrogen-bond donors (Lipinski definition) is 0. The molecule has 49 heavy (non-hydrogen) atoms. The summed E-state index contributed by atoms with van der Waals surface area (Å²) in [6.45, 7) is 6.25. The largest absolute Gasteiger partial charge is 0.312 e. The number of hydrogen-bond acceptors (Lipinski definition) is 3. The standard InChI is InChI=1S/C45H31N3S/c1-3-4-19-32-29(2)48(39-27-25-34-33-20-11-13-22-41(33)49-42-23-14-12-21-36(42)43(34)44(32)39)40-28-38(31-17-9-6-10-18-31)47-45-35(40)24-26-37(46-45)30-15-7-5-8-16-30/h3-28H,1H2,2H3/b19-4-. The summed E-state index contributed by atoms with van der Waals surface area (Å²) in [6, 6.07) is 49.4. The molecule has 0 atom stereocenters. The van der Waals surface area contributed by atoms with Crippen molar-refractivity contribution in [2.75, 3.05) is 0 Å². The zero-order valence-corrected chi connectivity index (χ0v) is 27.8. The van der Waals surface area contributed by atoms with Gasteiger partial charge in [-0.25, -0.2) is 9.97 Å². The highest BCUT2D eigenvalue weighted by atomic mass is 32.2. The van der Waals surface area contributed by atoms with Gasteiger partial charge in [0.05, 0.1) is 22.6 Å². The van der Waals surface area contributed by atoms with Gasteiger partial charge in [-0.1, -0.05) is 140 Å². The zero-order valence-electron chi connectivity index (χ0n) is 27.0. The predicted molar refractivity (Wildman–Crippen MR) is 206 cm³/mol. The van der Waals surface area contributed by atoms with Crippen molar-refractivity contribution in [3.63, 3.8) is 0 Å². The molecule has 0 saturated heterocycles. The number of benzene rings is 5. The second kappa shape index (κ2) is 11.9. The van der Waals surface area contributed by atoms with E-state index in [9.17, 15) is 0 Å². The number of fused-ring (bicyclic) bond motifs is 8. The molecule has 0 unspecified atom stereocenters. The van der Waals surface area contributed by atoms with Crippen molar-refractivity contribution < 1.29 is 0 Å². The van der Waals surface area contributed by atoms with Gasteiger partial charge in [-0.15, -0.1) is 0 Å². The van der Waals surface area contributed by atoms with Crippen LogP contribution in [0.15, 0.2) is 168 Å². The third kappa shape index (κ3) is 4.83. The quantitative estimate of drug-likeness (QED) is 0.175. The molecule has 1 aliphatic heterocycles. The Morgan fingerprint density at radius 3 is 2.00 bits per heavy atom. The monoisotopic (exact) mass is 645 g/mol. The SMILES string of the molecule is C=C/C=C\c1c(C)n(-c2cc(-c3ccccc3)nc3nc(-c4ccccc4)ccc23)c2ccc3c(c12)-c1ccccc1Sc1ccccc1-3. The van der Waals surface area contributed by atoms with Crippen LogP contribution in [0.3, 0.4) is 0 Å². The highest BCUT2D eigenvalue weighted by molar-refractivity contribution is 7.99. The highest BCUT2D eigenvalue weighted by Gasteiger charge is 2.26. The van der Waals surface area contributed by atoms with Crippen molar-refractivity contribution in [1.29, 1.82) is 0 Å². The number of nitrogens with zero attached hydrogens (tertiary/aromatic N) is 3. The fraction of sp³-hybridized carbons (Fsp3) is 0.0222. The maximum Gasteiger partial charge on any atom is 0.162 e. The molecule has 0 bridgehead atoms. The molecule has 3 nitrogen and oxygen atoms in total. The van der Waals surface area contributed by atoms with Gasteiger partial charge in [0, 0.05) is 48.5 Å². The summed E-state index contributed by atoms with van der Waals surface area (Å²) in [5, 5.41) is 2.22. The lowest BCUT2D eigenvalue weighted by Crippen LogP contribution is -2.02. The Morgan fingerprint density at radius 2 is 1.27 bits per heavy atom. The molecule has 5 aromatic carbocycles. The van der Waals surface area contributed by atoms with Crippen LogP contribution in [0.1, 0.15) is 11.3 Å².